The maximum atomic E-state index is 10.3. The molecule has 0 fully saturated rings. The van der Waals surface area contributed by atoms with Gasteiger partial charge in [0.15, 0.2) is 0 Å². The Morgan fingerprint density at radius 3 is 1.70 bits per heavy atom. The van der Waals surface area contributed by atoms with Crippen molar-refractivity contribution in [3.63, 3.8) is 0 Å². The third kappa shape index (κ3) is 21.0. The molecule has 2 heteroatoms. The van der Waals surface area contributed by atoms with Gasteiger partial charge >= 0.3 is 5.97 Å². The van der Waals surface area contributed by atoms with Crippen LogP contribution in [-0.2, 0) is 4.79 Å². The quantitative estimate of drug-likeness (QED) is 0.230. The summed E-state index contributed by atoms with van der Waals surface area (Å²) in [7, 11) is 0. The summed E-state index contributed by atoms with van der Waals surface area (Å²) in [5, 5.41) is 8.50. The van der Waals surface area contributed by atoms with Crippen LogP contribution >= 0.6 is 0 Å². The van der Waals surface area contributed by atoms with Crippen molar-refractivity contribution in [1.29, 1.82) is 0 Å². The number of aliphatic carboxylic acids is 1. The lowest BCUT2D eigenvalue weighted by Gasteiger charge is -2.01. The number of hydrogen-bond acceptors (Lipinski definition) is 1. The van der Waals surface area contributed by atoms with Crippen molar-refractivity contribution in [2.45, 2.75) is 103 Å². The molecule has 2 nitrogen and oxygen atoms in total. The molecule has 0 heterocycles. The molecule has 0 aromatic rings. The molecular weight excluding hydrogens is 284 g/mol. The fraction of sp³-hybridized carbons (Fsp3) is 0.762. The molecule has 0 radical (unpaired) electrons. The van der Waals surface area contributed by atoms with E-state index in [4.69, 9.17) is 5.11 Å². The normalized spacial score (nSPS) is 11.7. The molecule has 0 bridgehead atoms. The van der Waals surface area contributed by atoms with Gasteiger partial charge in [0.1, 0.15) is 0 Å². The molecule has 0 atom stereocenters. The van der Waals surface area contributed by atoms with Gasteiger partial charge in [0.2, 0.25) is 0 Å². The Morgan fingerprint density at radius 1 is 0.696 bits per heavy atom. The molecule has 0 saturated heterocycles. The molecular formula is C21H38O2. The predicted octanol–water partition coefficient (Wildman–Crippen LogP) is 7.05. The van der Waals surface area contributed by atoms with Gasteiger partial charge in [0, 0.05) is 6.42 Å². The lowest BCUT2D eigenvalue weighted by atomic mass is 10.1. The fourth-order valence-electron chi connectivity index (χ4n) is 2.64. The molecule has 0 saturated carbocycles. The SMILES string of the molecule is CCCCCCCCCCCCCC=CCC=CCCC(=O)O. The first-order chi connectivity index (χ1) is 11.3. The van der Waals surface area contributed by atoms with E-state index in [2.05, 4.69) is 25.2 Å². The Bertz CT molecular complexity index is 305. The van der Waals surface area contributed by atoms with Gasteiger partial charge in [-0.15, -0.1) is 0 Å². The lowest BCUT2D eigenvalue weighted by molar-refractivity contribution is -0.136. The van der Waals surface area contributed by atoms with Gasteiger partial charge in [0.05, 0.1) is 0 Å². The second kappa shape index (κ2) is 19.0. The zero-order valence-corrected chi connectivity index (χ0v) is 15.3. The maximum Gasteiger partial charge on any atom is 0.303 e. The highest BCUT2D eigenvalue weighted by molar-refractivity contribution is 5.66. The summed E-state index contributed by atoms with van der Waals surface area (Å²) in [6.45, 7) is 2.27. The minimum atomic E-state index is -0.721. The summed E-state index contributed by atoms with van der Waals surface area (Å²) < 4.78 is 0. The molecule has 0 aromatic heterocycles. The van der Waals surface area contributed by atoms with Crippen LogP contribution in [0.15, 0.2) is 24.3 Å². The number of rotatable bonds is 17. The van der Waals surface area contributed by atoms with Gasteiger partial charge in [-0.3, -0.25) is 4.79 Å². The van der Waals surface area contributed by atoms with E-state index in [9.17, 15) is 4.79 Å². The summed E-state index contributed by atoms with van der Waals surface area (Å²) in [4.78, 5) is 10.3. The van der Waals surface area contributed by atoms with Gasteiger partial charge < -0.3 is 5.11 Å². The third-order valence-electron chi connectivity index (χ3n) is 4.10. The summed E-state index contributed by atoms with van der Waals surface area (Å²) in [5.41, 5.74) is 0. The zero-order chi connectivity index (χ0) is 17.0. The predicted molar refractivity (Wildman–Crippen MR) is 101 cm³/mol. The average Bonchev–Trinajstić information content (AvgIpc) is 2.53. The highest BCUT2D eigenvalue weighted by Gasteiger charge is 1.92. The topological polar surface area (TPSA) is 37.3 Å². The van der Waals surface area contributed by atoms with E-state index in [-0.39, 0.29) is 6.42 Å². The minimum absolute atomic E-state index is 0.235. The minimum Gasteiger partial charge on any atom is -0.481 e. The first-order valence-electron chi connectivity index (χ1n) is 9.79. The molecule has 0 aliphatic heterocycles. The third-order valence-corrected chi connectivity index (χ3v) is 4.10. The first-order valence-corrected chi connectivity index (χ1v) is 9.79. The number of carbonyl (C=O) groups is 1. The van der Waals surface area contributed by atoms with Crippen LogP contribution in [0.5, 0.6) is 0 Å². The Hall–Kier alpha value is -1.05. The molecule has 0 rings (SSSR count). The zero-order valence-electron chi connectivity index (χ0n) is 15.3. The Kier molecular flexibility index (Phi) is 18.1. The summed E-state index contributed by atoms with van der Waals surface area (Å²) in [6.07, 6.45) is 26.8. The van der Waals surface area contributed by atoms with E-state index in [0.29, 0.717) is 6.42 Å². The monoisotopic (exact) mass is 322 g/mol. The van der Waals surface area contributed by atoms with Crippen molar-refractivity contribution in [3.05, 3.63) is 24.3 Å². The largest absolute Gasteiger partial charge is 0.481 e. The van der Waals surface area contributed by atoms with Crippen LogP contribution in [0, 0.1) is 0 Å². The number of carboxylic acid groups (broad SMARTS) is 1. The van der Waals surface area contributed by atoms with E-state index in [1.165, 1.54) is 77.0 Å². The van der Waals surface area contributed by atoms with E-state index >= 15 is 0 Å². The highest BCUT2D eigenvalue weighted by Crippen LogP contribution is 2.12. The summed E-state index contributed by atoms with van der Waals surface area (Å²) >= 11 is 0. The molecule has 134 valence electrons. The molecule has 0 aliphatic rings. The Labute approximate surface area is 144 Å². The average molecular weight is 323 g/mol. The van der Waals surface area contributed by atoms with Crippen LogP contribution in [0.25, 0.3) is 0 Å². The summed E-state index contributed by atoms with van der Waals surface area (Å²) in [5.74, 6) is -0.721. The second-order valence-corrected chi connectivity index (χ2v) is 6.44. The van der Waals surface area contributed by atoms with Crippen LogP contribution in [0.3, 0.4) is 0 Å². The van der Waals surface area contributed by atoms with Crippen molar-refractivity contribution in [1.82, 2.24) is 0 Å². The first kappa shape index (κ1) is 21.9. The number of hydrogen-bond donors (Lipinski definition) is 1. The Balaban J connectivity index is 3.15. The molecule has 0 unspecified atom stereocenters. The van der Waals surface area contributed by atoms with Gasteiger partial charge in [-0.25, -0.2) is 0 Å². The smallest absolute Gasteiger partial charge is 0.303 e. The molecule has 0 aromatic carbocycles. The van der Waals surface area contributed by atoms with Crippen LogP contribution < -0.4 is 0 Å². The van der Waals surface area contributed by atoms with E-state index in [1.54, 1.807) is 0 Å². The van der Waals surface area contributed by atoms with E-state index in [1.807, 2.05) is 6.08 Å². The standard InChI is InChI=1S/C21H38O2/c1-2-3-4-5-6-7-8-9-10-11-12-13-14-15-16-17-18-19-20-21(22)23/h14-15,17-18H,2-13,16,19-20H2,1H3,(H,22,23). The molecule has 23 heavy (non-hydrogen) atoms. The number of unbranched alkanes of at least 4 members (excludes halogenated alkanes) is 11. The van der Waals surface area contributed by atoms with Gasteiger partial charge in [-0.05, 0) is 25.7 Å². The Morgan fingerprint density at radius 2 is 1.17 bits per heavy atom. The maximum absolute atomic E-state index is 10.3. The van der Waals surface area contributed by atoms with Crippen LogP contribution in [0.4, 0.5) is 0 Å². The van der Waals surface area contributed by atoms with Crippen molar-refractivity contribution < 1.29 is 9.90 Å². The van der Waals surface area contributed by atoms with Gasteiger partial charge in [0.25, 0.3) is 0 Å². The second-order valence-electron chi connectivity index (χ2n) is 6.44. The van der Waals surface area contributed by atoms with Crippen LogP contribution in [0.1, 0.15) is 103 Å². The number of allylic oxidation sites excluding steroid dienone is 4. The van der Waals surface area contributed by atoms with Crippen LogP contribution in [-0.4, -0.2) is 11.1 Å². The fourth-order valence-corrected chi connectivity index (χ4v) is 2.64. The number of carboxylic acids is 1. The van der Waals surface area contributed by atoms with E-state index in [0.717, 1.165) is 6.42 Å². The van der Waals surface area contributed by atoms with Crippen molar-refractivity contribution >= 4 is 5.97 Å². The highest BCUT2D eigenvalue weighted by atomic mass is 16.4. The summed E-state index contributed by atoms with van der Waals surface area (Å²) in [6, 6.07) is 0. The van der Waals surface area contributed by atoms with Gasteiger partial charge in [-0.1, -0.05) is 95.4 Å². The van der Waals surface area contributed by atoms with Crippen molar-refractivity contribution in [2.24, 2.45) is 0 Å². The van der Waals surface area contributed by atoms with E-state index < -0.39 is 5.97 Å². The van der Waals surface area contributed by atoms with Crippen molar-refractivity contribution in [3.8, 4) is 0 Å². The molecule has 1 N–H and O–H groups in total. The lowest BCUT2D eigenvalue weighted by Crippen LogP contribution is -1.91. The molecule has 0 spiro atoms. The molecule has 0 aliphatic carbocycles. The van der Waals surface area contributed by atoms with Crippen LogP contribution in [0.2, 0.25) is 0 Å². The van der Waals surface area contributed by atoms with Gasteiger partial charge in [-0.2, -0.15) is 0 Å². The molecule has 0 amide bonds. The van der Waals surface area contributed by atoms with Crippen molar-refractivity contribution in [2.75, 3.05) is 0 Å².